The summed E-state index contributed by atoms with van der Waals surface area (Å²) in [6.07, 6.45) is 83.2. The van der Waals surface area contributed by atoms with Crippen LogP contribution in [0.5, 0.6) is 0 Å². The van der Waals surface area contributed by atoms with E-state index in [4.69, 9.17) is 4.74 Å². The Morgan fingerprint density at radius 3 is 1.05 bits per heavy atom. The molecule has 0 saturated heterocycles. The Hall–Kier alpha value is -1.92. The van der Waals surface area contributed by atoms with E-state index in [1.165, 1.54) is 289 Å². The van der Waals surface area contributed by atoms with Crippen molar-refractivity contribution >= 4 is 11.9 Å². The number of amides is 1. The van der Waals surface area contributed by atoms with Crippen molar-refractivity contribution in [3.05, 3.63) is 36.5 Å². The van der Waals surface area contributed by atoms with Crippen LogP contribution in [0.3, 0.4) is 0 Å². The van der Waals surface area contributed by atoms with Crippen LogP contribution in [0.2, 0.25) is 0 Å². The molecule has 0 aromatic rings. The van der Waals surface area contributed by atoms with E-state index in [9.17, 15) is 19.8 Å². The van der Waals surface area contributed by atoms with E-state index in [0.29, 0.717) is 25.9 Å². The van der Waals surface area contributed by atoms with Crippen LogP contribution < -0.4 is 5.32 Å². The van der Waals surface area contributed by atoms with Crippen molar-refractivity contribution in [2.75, 3.05) is 13.2 Å². The molecule has 1 amide bonds. The molecule has 0 heterocycles. The number of esters is 1. The normalized spacial score (nSPS) is 12.7. The zero-order valence-electron chi connectivity index (χ0n) is 51.3. The van der Waals surface area contributed by atoms with Gasteiger partial charge in [0, 0.05) is 12.8 Å². The number of hydrogen-bond donors (Lipinski definition) is 3. The van der Waals surface area contributed by atoms with E-state index in [0.717, 1.165) is 51.4 Å². The molecule has 0 aliphatic carbocycles. The van der Waals surface area contributed by atoms with Crippen LogP contribution in [0, 0.1) is 0 Å². The lowest BCUT2D eigenvalue weighted by atomic mass is 10.0. The number of carbonyl (C=O) groups is 2. The van der Waals surface area contributed by atoms with Crippen molar-refractivity contribution in [3.8, 4) is 0 Å². The lowest BCUT2D eigenvalue weighted by Crippen LogP contribution is -2.45. The molecule has 6 heteroatoms. The highest BCUT2D eigenvalue weighted by Crippen LogP contribution is 2.18. The minimum Gasteiger partial charge on any atom is -0.466 e. The Bertz CT molecular complexity index is 1230. The van der Waals surface area contributed by atoms with E-state index in [1.807, 2.05) is 0 Å². The SMILES string of the molecule is CCCC/C=C\CCCCCCCC(=O)OCCCCCCCCCCC/C=C\C/C=C\CCCCCCCCCCCCCC(=O)NC(CO)C(O)CCCCCCCCCCCCCCCCCCCCCCC. The first-order valence-corrected chi connectivity index (χ1v) is 34.2. The van der Waals surface area contributed by atoms with Gasteiger partial charge in [-0.3, -0.25) is 9.59 Å². The molecule has 448 valence electrons. The first-order chi connectivity index (χ1) is 37.5. The minimum atomic E-state index is -0.668. The number of carbonyl (C=O) groups excluding carboxylic acids is 2. The number of nitrogens with one attached hydrogen (secondary N) is 1. The zero-order valence-corrected chi connectivity index (χ0v) is 51.3. The maximum Gasteiger partial charge on any atom is 0.305 e. The number of aliphatic hydroxyl groups is 2. The van der Waals surface area contributed by atoms with Crippen molar-refractivity contribution in [2.45, 2.75) is 386 Å². The molecule has 76 heavy (non-hydrogen) atoms. The molecule has 6 nitrogen and oxygen atoms in total. The Morgan fingerprint density at radius 2 is 0.671 bits per heavy atom. The number of hydrogen-bond acceptors (Lipinski definition) is 5. The smallest absolute Gasteiger partial charge is 0.305 e. The topological polar surface area (TPSA) is 95.9 Å². The quantitative estimate of drug-likeness (QED) is 0.0320. The molecule has 0 spiro atoms. The largest absolute Gasteiger partial charge is 0.466 e. The van der Waals surface area contributed by atoms with Gasteiger partial charge in [0.15, 0.2) is 0 Å². The molecule has 2 unspecified atom stereocenters. The first-order valence-electron chi connectivity index (χ1n) is 34.2. The second kappa shape index (κ2) is 65.6. The van der Waals surface area contributed by atoms with E-state index >= 15 is 0 Å². The summed E-state index contributed by atoms with van der Waals surface area (Å²) in [4.78, 5) is 24.5. The van der Waals surface area contributed by atoms with Gasteiger partial charge in [-0.1, -0.05) is 320 Å². The second-order valence-corrected chi connectivity index (χ2v) is 23.5. The molecule has 3 N–H and O–H groups in total. The van der Waals surface area contributed by atoms with Crippen molar-refractivity contribution in [1.82, 2.24) is 5.32 Å². The maximum atomic E-state index is 12.5. The number of rotatable bonds is 64. The third kappa shape index (κ3) is 61.3. The Balaban J connectivity index is 3.43. The molecule has 2 atom stereocenters. The lowest BCUT2D eigenvalue weighted by Gasteiger charge is -2.22. The van der Waals surface area contributed by atoms with Gasteiger partial charge in [0.2, 0.25) is 5.91 Å². The summed E-state index contributed by atoms with van der Waals surface area (Å²) in [5, 5.41) is 23.4. The van der Waals surface area contributed by atoms with Crippen LogP contribution in [-0.2, 0) is 14.3 Å². The highest BCUT2D eigenvalue weighted by molar-refractivity contribution is 5.76. The summed E-state index contributed by atoms with van der Waals surface area (Å²) in [5.74, 6) is -0.0347. The summed E-state index contributed by atoms with van der Waals surface area (Å²) in [6.45, 7) is 4.94. The molecule has 0 aromatic heterocycles. The van der Waals surface area contributed by atoms with Crippen molar-refractivity contribution in [1.29, 1.82) is 0 Å². The van der Waals surface area contributed by atoms with Crippen molar-refractivity contribution < 1.29 is 24.5 Å². The molecule has 0 rings (SSSR count). The van der Waals surface area contributed by atoms with Gasteiger partial charge in [-0.15, -0.1) is 0 Å². The Labute approximate surface area is 474 Å². The summed E-state index contributed by atoms with van der Waals surface area (Å²) in [5.41, 5.74) is 0. The van der Waals surface area contributed by atoms with Gasteiger partial charge in [0.25, 0.3) is 0 Å². The molecule has 0 saturated carbocycles. The molecular formula is C70H133NO5. The average Bonchev–Trinajstić information content (AvgIpc) is 3.42. The van der Waals surface area contributed by atoms with Gasteiger partial charge in [-0.25, -0.2) is 0 Å². The van der Waals surface area contributed by atoms with E-state index < -0.39 is 12.1 Å². The van der Waals surface area contributed by atoms with Gasteiger partial charge < -0.3 is 20.3 Å². The first kappa shape index (κ1) is 74.1. The molecule has 0 radical (unpaired) electrons. The summed E-state index contributed by atoms with van der Waals surface area (Å²) < 4.78 is 5.46. The third-order valence-corrected chi connectivity index (χ3v) is 15.9. The lowest BCUT2D eigenvalue weighted by molar-refractivity contribution is -0.143. The highest BCUT2D eigenvalue weighted by Gasteiger charge is 2.20. The fourth-order valence-electron chi connectivity index (χ4n) is 10.7. The number of unbranched alkanes of at least 4 members (excludes halogenated alkanes) is 47. The Morgan fingerprint density at radius 1 is 0.368 bits per heavy atom. The predicted molar refractivity (Wildman–Crippen MR) is 333 cm³/mol. The van der Waals surface area contributed by atoms with E-state index in [2.05, 4.69) is 55.6 Å². The number of aliphatic hydroxyl groups excluding tert-OH is 2. The fourth-order valence-corrected chi connectivity index (χ4v) is 10.7. The fraction of sp³-hybridized carbons (Fsp3) is 0.886. The molecule has 0 bridgehead atoms. The van der Waals surface area contributed by atoms with E-state index in [1.54, 1.807) is 0 Å². The third-order valence-electron chi connectivity index (χ3n) is 15.9. The van der Waals surface area contributed by atoms with Gasteiger partial charge >= 0.3 is 5.97 Å². The van der Waals surface area contributed by atoms with Crippen LogP contribution in [0.1, 0.15) is 373 Å². The van der Waals surface area contributed by atoms with Crippen molar-refractivity contribution in [3.63, 3.8) is 0 Å². The Kier molecular flexibility index (Phi) is 63.9. The van der Waals surface area contributed by atoms with Crippen LogP contribution in [-0.4, -0.2) is 47.4 Å². The van der Waals surface area contributed by atoms with Crippen LogP contribution >= 0.6 is 0 Å². The summed E-state index contributed by atoms with van der Waals surface area (Å²) >= 11 is 0. The standard InChI is InChI=1S/C70H133NO5/c1-3-5-7-9-11-13-15-16-17-18-19-27-30-33-36-39-43-46-50-54-58-62-68(73)67(66-72)71-69(74)63-59-55-51-47-44-40-37-34-31-28-25-23-21-20-22-24-26-29-32-35-38-41-45-49-53-57-61-65-76-70(75)64-60-56-52-48-42-14-12-10-8-6-4-2/h10,12,20-21,24,26,67-68,72-73H,3-9,11,13-19,22-23,25,27-66H2,1-2H3,(H,71,74)/b12-10-,21-20-,26-24-. The van der Waals surface area contributed by atoms with Crippen LogP contribution in [0.4, 0.5) is 0 Å². The predicted octanol–water partition coefficient (Wildman–Crippen LogP) is 21.9. The minimum absolute atomic E-state index is 0.000196. The molecular weight excluding hydrogens is 935 g/mol. The van der Waals surface area contributed by atoms with Gasteiger partial charge in [-0.05, 0) is 77.0 Å². The monoisotopic (exact) mass is 1070 g/mol. The number of ether oxygens (including phenoxy) is 1. The molecule has 0 aromatic carbocycles. The average molecular weight is 1070 g/mol. The van der Waals surface area contributed by atoms with Crippen molar-refractivity contribution in [2.24, 2.45) is 0 Å². The molecule has 0 aliphatic heterocycles. The highest BCUT2D eigenvalue weighted by atomic mass is 16.5. The van der Waals surface area contributed by atoms with E-state index in [-0.39, 0.29) is 18.5 Å². The molecule has 0 fully saturated rings. The molecule has 0 aliphatic rings. The van der Waals surface area contributed by atoms with Gasteiger partial charge in [-0.2, -0.15) is 0 Å². The van der Waals surface area contributed by atoms with Gasteiger partial charge in [0.1, 0.15) is 0 Å². The van der Waals surface area contributed by atoms with Gasteiger partial charge in [0.05, 0.1) is 25.4 Å². The summed E-state index contributed by atoms with van der Waals surface area (Å²) in [6, 6.07) is -0.545. The van der Waals surface area contributed by atoms with Crippen LogP contribution in [0.25, 0.3) is 0 Å². The van der Waals surface area contributed by atoms with Crippen LogP contribution in [0.15, 0.2) is 36.5 Å². The maximum absolute atomic E-state index is 12.5. The number of allylic oxidation sites excluding steroid dienone is 6. The second-order valence-electron chi connectivity index (χ2n) is 23.5. The zero-order chi connectivity index (χ0) is 55.0. The summed E-state index contributed by atoms with van der Waals surface area (Å²) in [7, 11) is 0.